The number of rotatable bonds is 9. The molecule has 1 aliphatic rings. The fourth-order valence-corrected chi connectivity index (χ4v) is 2.26. The van der Waals surface area contributed by atoms with Crippen LogP contribution >= 0.6 is 0 Å². The molecule has 0 amide bonds. The lowest BCUT2D eigenvalue weighted by atomic mass is 10.0. The summed E-state index contributed by atoms with van der Waals surface area (Å²) in [7, 11) is 0. The smallest absolute Gasteiger partial charge is 0.165 e. The summed E-state index contributed by atoms with van der Waals surface area (Å²) in [5, 5.41) is 13.6. The van der Waals surface area contributed by atoms with E-state index in [2.05, 4.69) is 23.9 Å². The van der Waals surface area contributed by atoms with Crippen molar-refractivity contribution in [3.05, 3.63) is 10.4 Å². The monoisotopic (exact) mass is 301 g/mol. The highest BCUT2D eigenvalue weighted by Crippen LogP contribution is 2.23. The quantitative estimate of drug-likeness (QED) is 0.306. The van der Waals surface area contributed by atoms with Gasteiger partial charge in [0.25, 0.3) is 0 Å². The molecule has 0 bridgehead atoms. The van der Waals surface area contributed by atoms with Gasteiger partial charge >= 0.3 is 0 Å². The standard InChI is InChI=1S/C14H27N3O4/c1-3-5-8-19-11-7-10-21-14(18)12(16-17-15)13(11)20-9-6-4-2/h11-14,18H,3-10H2,1-2H3/t11-,12+,13?,14?/m1/s1. The van der Waals surface area contributed by atoms with Gasteiger partial charge in [-0.15, -0.1) is 0 Å². The van der Waals surface area contributed by atoms with Gasteiger partial charge in [-0.05, 0) is 24.8 Å². The van der Waals surface area contributed by atoms with Gasteiger partial charge in [0.2, 0.25) is 0 Å². The molecule has 1 fully saturated rings. The summed E-state index contributed by atoms with van der Waals surface area (Å²) < 4.78 is 17.0. The Bertz CT molecular complexity index is 323. The van der Waals surface area contributed by atoms with E-state index in [1.165, 1.54) is 0 Å². The first-order valence-electron chi connectivity index (χ1n) is 7.81. The minimum atomic E-state index is -1.15. The largest absolute Gasteiger partial charge is 0.375 e. The molecule has 4 atom stereocenters. The van der Waals surface area contributed by atoms with Crippen LogP contribution in [0.1, 0.15) is 46.0 Å². The topological polar surface area (TPSA) is 96.7 Å². The average molecular weight is 301 g/mol. The Labute approximate surface area is 126 Å². The zero-order chi connectivity index (χ0) is 15.5. The van der Waals surface area contributed by atoms with Crippen molar-refractivity contribution in [2.75, 3.05) is 19.8 Å². The fraction of sp³-hybridized carbons (Fsp3) is 1.00. The third-order valence-electron chi connectivity index (χ3n) is 3.51. The Kier molecular flexibility index (Phi) is 9.37. The van der Waals surface area contributed by atoms with Gasteiger partial charge in [0.15, 0.2) is 6.29 Å². The molecule has 122 valence electrons. The van der Waals surface area contributed by atoms with Crippen LogP contribution in [0.2, 0.25) is 0 Å². The van der Waals surface area contributed by atoms with Gasteiger partial charge in [-0.3, -0.25) is 0 Å². The summed E-state index contributed by atoms with van der Waals surface area (Å²) in [4.78, 5) is 2.81. The third-order valence-corrected chi connectivity index (χ3v) is 3.51. The average Bonchev–Trinajstić information content (AvgIpc) is 2.62. The summed E-state index contributed by atoms with van der Waals surface area (Å²) >= 11 is 0. The van der Waals surface area contributed by atoms with Gasteiger partial charge in [0.05, 0.1) is 18.8 Å². The maximum absolute atomic E-state index is 9.97. The van der Waals surface area contributed by atoms with Crippen LogP contribution in [0.25, 0.3) is 10.4 Å². The summed E-state index contributed by atoms with van der Waals surface area (Å²) in [6.07, 6.45) is 2.72. The minimum Gasteiger partial charge on any atom is -0.375 e. The van der Waals surface area contributed by atoms with Gasteiger partial charge in [-0.25, -0.2) is 0 Å². The predicted octanol–water partition coefficient (Wildman–Crippen LogP) is 2.77. The van der Waals surface area contributed by atoms with Gasteiger partial charge in [-0.1, -0.05) is 31.8 Å². The first-order chi connectivity index (χ1) is 10.2. The van der Waals surface area contributed by atoms with Crippen molar-refractivity contribution in [1.29, 1.82) is 0 Å². The minimum absolute atomic E-state index is 0.221. The van der Waals surface area contributed by atoms with E-state index in [1.54, 1.807) is 0 Å². The van der Waals surface area contributed by atoms with E-state index < -0.39 is 18.4 Å². The van der Waals surface area contributed by atoms with E-state index in [0.717, 1.165) is 25.7 Å². The maximum Gasteiger partial charge on any atom is 0.165 e. The number of nitrogens with zero attached hydrogens (tertiary/aromatic N) is 3. The number of hydrogen-bond donors (Lipinski definition) is 1. The van der Waals surface area contributed by atoms with Gasteiger partial charge in [0.1, 0.15) is 6.04 Å². The van der Waals surface area contributed by atoms with E-state index in [1.807, 2.05) is 0 Å². The molecule has 7 heteroatoms. The highest BCUT2D eigenvalue weighted by molar-refractivity contribution is 4.89. The van der Waals surface area contributed by atoms with Crippen molar-refractivity contribution in [2.24, 2.45) is 5.11 Å². The van der Waals surface area contributed by atoms with Crippen LogP contribution in [0.4, 0.5) is 0 Å². The molecule has 2 unspecified atom stereocenters. The molecule has 0 radical (unpaired) electrons. The van der Waals surface area contributed by atoms with Crippen molar-refractivity contribution in [1.82, 2.24) is 0 Å². The molecular weight excluding hydrogens is 274 g/mol. The van der Waals surface area contributed by atoms with Crippen molar-refractivity contribution in [3.63, 3.8) is 0 Å². The normalized spacial score (nSPS) is 29.7. The second-order valence-corrected chi connectivity index (χ2v) is 5.20. The number of unbranched alkanes of at least 4 members (excludes halogenated alkanes) is 2. The molecule has 0 saturated carbocycles. The first-order valence-corrected chi connectivity index (χ1v) is 7.81. The molecular formula is C14H27N3O4. The Hall–Kier alpha value is -0.850. The molecule has 0 aromatic heterocycles. The highest BCUT2D eigenvalue weighted by atomic mass is 16.6. The molecule has 0 aromatic carbocycles. The number of hydrogen-bond acceptors (Lipinski definition) is 5. The zero-order valence-corrected chi connectivity index (χ0v) is 13.0. The van der Waals surface area contributed by atoms with E-state index in [4.69, 9.17) is 19.7 Å². The lowest BCUT2D eigenvalue weighted by Gasteiger charge is -2.30. The molecule has 1 aliphatic heterocycles. The number of azide groups is 1. The van der Waals surface area contributed by atoms with Crippen LogP contribution < -0.4 is 0 Å². The highest BCUT2D eigenvalue weighted by Gasteiger charge is 2.38. The van der Waals surface area contributed by atoms with Crippen LogP contribution in [0.15, 0.2) is 5.11 Å². The molecule has 1 saturated heterocycles. The van der Waals surface area contributed by atoms with E-state index in [9.17, 15) is 5.11 Å². The Balaban J connectivity index is 2.76. The van der Waals surface area contributed by atoms with E-state index in [0.29, 0.717) is 26.2 Å². The fourth-order valence-electron chi connectivity index (χ4n) is 2.26. The zero-order valence-electron chi connectivity index (χ0n) is 13.0. The van der Waals surface area contributed by atoms with Crippen LogP contribution in [0, 0.1) is 0 Å². The number of aliphatic hydroxyl groups is 1. The lowest BCUT2D eigenvalue weighted by molar-refractivity contribution is -0.134. The first kappa shape index (κ1) is 18.2. The second-order valence-electron chi connectivity index (χ2n) is 5.20. The van der Waals surface area contributed by atoms with Crippen molar-refractivity contribution in [2.45, 2.75) is 70.5 Å². The number of aliphatic hydroxyl groups excluding tert-OH is 1. The van der Waals surface area contributed by atoms with Crippen molar-refractivity contribution < 1.29 is 19.3 Å². The molecule has 1 heterocycles. The lowest BCUT2D eigenvalue weighted by Crippen LogP contribution is -2.44. The molecule has 0 aromatic rings. The summed E-state index contributed by atoms with van der Waals surface area (Å²) in [5.74, 6) is 0. The van der Waals surface area contributed by atoms with Crippen LogP contribution in [-0.4, -0.2) is 49.5 Å². The summed E-state index contributed by atoms with van der Waals surface area (Å²) in [5.41, 5.74) is 8.71. The van der Waals surface area contributed by atoms with Crippen molar-refractivity contribution in [3.8, 4) is 0 Å². The summed E-state index contributed by atoms with van der Waals surface area (Å²) in [6.45, 7) is 5.73. The molecule has 1 rings (SSSR count). The predicted molar refractivity (Wildman–Crippen MR) is 78.8 cm³/mol. The third kappa shape index (κ3) is 6.20. The van der Waals surface area contributed by atoms with Crippen LogP contribution in [0.3, 0.4) is 0 Å². The van der Waals surface area contributed by atoms with Gasteiger partial charge in [-0.2, -0.15) is 0 Å². The molecule has 21 heavy (non-hydrogen) atoms. The maximum atomic E-state index is 9.97. The summed E-state index contributed by atoms with van der Waals surface area (Å²) in [6, 6.07) is -0.777. The Morgan fingerprint density at radius 3 is 2.52 bits per heavy atom. The molecule has 0 spiro atoms. The SMILES string of the molecule is CCCCOC1[C@H](N=[N+]=[N-])C(O)OCC[C@H]1OCCCC. The van der Waals surface area contributed by atoms with E-state index >= 15 is 0 Å². The van der Waals surface area contributed by atoms with Gasteiger partial charge in [0, 0.05) is 18.1 Å². The second kappa shape index (κ2) is 10.8. The number of ether oxygens (including phenoxy) is 3. The molecule has 1 N–H and O–H groups in total. The molecule has 7 nitrogen and oxygen atoms in total. The van der Waals surface area contributed by atoms with Crippen LogP contribution in [-0.2, 0) is 14.2 Å². The van der Waals surface area contributed by atoms with Crippen LogP contribution in [0.5, 0.6) is 0 Å². The molecule has 0 aliphatic carbocycles. The Morgan fingerprint density at radius 2 is 1.90 bits per heavy atom. The Morgan fingerprint density at radius 1 is 1.24 bits per heavy atom. The van der Waals surface area contributed by atoms with E-state index in [-0.39, 0.29) is 6.10 Å². The van der Waals surface area contributed by atoms with Crippen molar-refractivity contribution >= 4 is 0 Å². The van der Waals surface area contributed by atoms with Gasteiger partial charge < -0.3 is 19.3 Å².